The Balaban J connectivity index is 1.43. The standard InChI is InChI=1S/C20H22ClN5O/c1-22-20(23-13-5-8-15-6-3-2-4-7-15)24-14-18-25-19(26-27-18)16-9-11-17(21)12-10-16/h2-4,6-7,9-12H,5,8,13-14H2,1H3,(H2,22,23,24). The summed E-state index contributed by atoms with van der Waals surface area (Å²) in [6, 6.07) is 17.7. The predicted molar refractivity (Wildman–Crippen MR) is 108 cm³/mol. The maximum atomic E-state index is 5.90. The van der Waals surface area contributed by atoms with E-state index < -0.39 is 0 Å². The molecule has 7 heteroatoms. The second-order valence-electron chi connectivity index (χ2n) is 5.96. The molecule has 0 aliphatic heterocycles. The fourth-order valence-corrected chi connectivity index (χ4v) is 2.69. The van der Waals surface area contributed by atoms with E-state index in [9.17, 15) is 0 Å². The Labute approximate surface area is 163 Å². The SMILES string of the molecule is CN=C(NCCCc1ccccc1)NCc1nc(-c2ccc(Cl)cc2)no1. The molecule has 0 radical (unpaired) electrons. The van der Waals surface area contributed by atoms with Crippen molar-refractivity contribution in [1.29, 1.82) is 0 Å². The third-order valence-corrected chi connectivity index (χ3v) is 4.23. The highest BCUT2D eigenvalue weighted by Gasteiger charge is 2.09. The minimum absolute atomic E-state index is 0.402. The molecular formula is C20H22ClN5O. The number of rotatable bonds is 7. The molecule has 6 nitrogen and oxygen atoms in total. The molecule has 2 N–H and O–H groups in total. The van der Waals surface area contributed by atoms with Crippen LogP contribution in [0.3, 0.4) is 0 Å². The lowest BCUT2D eigenvalue weighted by Gasteiger charge is -2.10. The van der Waals surface area contributed by atoms with Crippen LogP contribution in [-0.4, -0.2) is 29.7 Å². The van der Waals surface area contributed by atoms with Gasteiger partial charge in [-0.2, -0.15) is 4.98 Å². The number of hydrogen-bond donors (Lipinski definition) is 2. The van der Waals surface area contributed by atoms with Crippen molar-refractivity contribution in [2.24, 2.45) is 4.99 Å². The molecule has 0 spiro atoms. The van der Waals surface area contributed by atoms with Crippen molar-refractivity contribution in [3.63, 3.8) is 0 Å². The number of aromatic nitrogens is 2. The van der Waals surface area contributed by atoms with Gasteiger partial charge in [-0.25, -0.2) is 0 Å². The molecule has 0 aliphatic rings. The smallest absolute Gasteiger partial charge is 0.246 e. The highest BCUT2D eigenvalue weighted by Crippen LogP contribution is 2.18. The number of halogens is 1. The molecule has 3 rings (SSSR count). The summed E-state index contributed by atoms with van der Waals surface area (Å²) in [6.07, 6.45) is 2.05. The van der Waals surface area contributed by atoms with E-state index >= 15 is 0 Å². The van der Waals surface area contributed by atoms with Crippen LogP contribution in [0.4, 0.5) is 0 Å². The summed E-state index contributed by atoms with van der Waals surface area (Å²) < 4.78 is 5.29. The third-order valence-electron chi connectivity index (χ3n) is 3.98. The number of benzene rings is 2. The maximum absolute atomic E-state index is 5.90. The van der Waals surface area contributed by atoms with Crippen LogP contribution < -0.4 is 10.6 Å². The van der Waals surface area contributed by atoms with Gasteiger partial charge < -0.3 is 15.2 Å². The van der Waals surface area contributed by atoms with E-state index in [2.05, 4.69) is 50.0 Å². The fourth-order valence-electron chi connectivity index (χ4n) is 2.57. The number of hydrogen-bond acceptors (Lipinski definition) is 4. The molecule has 27 heavy (non-hydrogen) atoms. The molecule has 2 aromatic carbocycles. The summed E-state index contributed by atoms with van der Waals surface area (Å²) in [6.45, 7) is 1.23. The quantitative estimate of drug-likeness (QED) is 0.369. The highest BCUT2D eigenvalue weighted by atomic mass is 35.5. The van der Waals surface area contributed by atoms with Crippen LogP contribution in [0.25, 0.3) is 11.4 Å². The molecule has 0 unspecified atom stereocenters. The Morgan fingerprint density at radius 1 is 1.07 bits per heavy atom. The van der Waals surface area contributed by atoms with Crippen molar-refractivity contribution in [2.75, 3.05) is 13.6 Å². The zero-order valence-corrected chi connectivity index (χ0v) is 15.9. The zero-order valence-electron chi connectivity index (χ0n) is 15.2. The van der Waals surface area contributed by atoms with Gasteiger partial charge in [-0.05, 0) is 42.7 Å². The Hall–Kier alpha value is -2.86. The summed E-state index contributed by atoms with van der Waals surface area (Å²) in [7, 11) is 1.74. The Morgan fingerprint density at radius 3 is 2.59 bits per heavy atom. The second kappa shape index (κ2) is 9.73. The van der Waals surface area contributed by atoms with Gasteiger partial charge in [-0.15, -0.1) is 0 Å². The van der Waals surface area contributed by atoms with E-state index in [1.807, 2.05) is 18.2 Å². The Morgan fingerprint density at radius 2 is 1.85 bits per heavy atom. The summed E-state index contributed by atoms with van der Waals surface area (Å²) in [4.78, 5) is 8.60. The van der Waals surface area contributed by atoms with Gasteiger partial charge >= 0.3 is 0 Å². The molecular weight excluding hydrogens is 362 g/mol. The number of nitrogens with one attached hydrogen (secondary N) is 2. The van der Waals surface area contributed by atoms with Crippen LogP contribution in [0.5, 0.6) is 0 Å². The van der Waals surface area contributed by atoms with Gasteiger partial charge in [0.05, 0.1) is 6.54 Å². The zero-order chi connectivity index (χ0) is 18.9. The number of guanidine groups is 1. The van der Waals surface area contributed by atoms with Crippen molar-refractivity contribution < 1.29 is 4.52 Å². The van der Waals surface area contributed by atoms with E-state index in [4.69, 9.17) is 16.1 Å². The first-order chi connectivity index (χ1) is 13.2. The van der Waals surface area contributed by atoms with Crippen LogP contribution >= 0.6 is 11.6 Å². The molecule has 0 saturated heterocycles. The lowest BCUT2D eigenvalue weighted by molar-refractivity contribution is 0.375. The number of aliphatic imine (C=N–C) groups is 1. The summed E-state index contributed by atoms with van der Waals surface area (Å²) in [5.41, 5.74) is 2.20. The largest absolute Gasteiger partial charge is 0.356 e. The van der Waals surface area contributed by atoms with Crippen LogP contribution in [0.15, 0.2) is 64.1 Å². The van der Waals surface area contributed by atoms with Crippen LogP contribution in [0.1, 0.15) is 17.9 Å². The maximum Gasteiger partial charge on any atom is 0.246 e. The molecule has 140 valence electrons. The van der Waals surface area contributed by atoms with Gasteiger partial charge in [0.1, 0.15) is 0 Å². The van der Waals surface area contributed by atoms with E-state index in [1.54, 1.807) is 19.2 Å². The third kappa shape index (κ3) is 5.82. The first kappa shape index (κ1) is 18.9. The average Bonchev–Trinajstić information content (AvgIpc) is 3.18. The summed E-state index contributed by atoms with van der Waals surface area (Å²) >= 11 is 5.90. The minimum atomic E-state index is 0.402. The van der Waals surface area contributed by atoms with E-state index in [1.165, 1.54) is 5.56 Å². The van der Waals surface area contributed by atoms with Gasteiger partial charge in [-0.3, -0.25) is 4.99 Å². The van der Waals surface area contributed by atoms with Gasteiger partial charge in [0.2, 0.25) is 11.7 Å². The molecule has 1 aromatic heterocycles. The Kier molecular flexibility index (Phi) is 6.82. The molecule has 0 saturated carbocycles. The van der Waals surface area contributed by atoms with Crippen molar-refractivity contribution in [1.82, 2.24) is 20.8 Å². The first-order valence-electron chi connectivity index (χ1n) is 8.81. The molecule has 0 atom stereocenters. The van der Waals surface area contributed by atoms with E-state index in [0.29, 0.717) is 29.2 Å². The molecule has 0 fully saturated rings. The first-order valence-corrected chi connectivity index (χ1v) is 9.19. The van der Waals surface area contributed by atoms with Gasteiger partial charge in [0, 0.05) is 24.2 Å². The summed E-state index contributed by atoms with van der Waals surface area (Å²) in [5.74, 6) is 1.73. The van der Waals surface area contributed by atoms with Crippen molar-refractivity contribution >= 4 is 17.6 Å². The molecule has 3 aromatic rings. The molecule has 1 heterocycles. The predicted octanol–water partition coefficient (Wildman–Crippen LogP) is 3.69. The van der Waals surface area contributed by atoms with Crippen molar-refractivity contribution in [2.45, 2.75) is 19.4 Å². The topological polar surface area (TPSA) is 75.3 Å². The summed E-state index contributed by atoms with van der Waals surface area (Å²) in [5, 5.41) is 11.1. The van der Waals surface area contributed by atoms with Crippen molar-refractivity contribution in [3.8, 4) is 11.4 Å². The lowest BCUT2D eigenvalue weighted by atomic mass is 10.1. The monoisotopic (exact) mass is 383 g/mol. The molecule has 0 amide bonds. The number of aryl methyl sites for hydroxylation is 1. The van der Waals surface area contributed by atoms with E-state index in [0.717, 1.165) is 24.9 Å². The van der Waals surface area contributed by atoms with Crippen LogP contribution in [0, 0.1) is 0 Å². The molecule has 0 aliphatic carbocycles. The van der Waals surface area contributed by atoms with Gasteiger partial charge in [-0.1, -0.05) is 47.1 Å². The van der Waals surface area contributed by atoms with Gasteiger partial charge in [0.25, 0.3) is 0 Å². The Bertz CT molecular complexity index is 862. The average molecular weight is 384 g/mol. The van der Waals surface area contributed by atoms with E-state index in [-0.39, 0.29) is 0 Å². The minimum Gasteiger partial charge on any atom is -0.356 e. The van der Waals surface area contributed by atoms with Crippen LogP contribution in [0.2, 0.25) is 5.02 Å². The fraction of sp³-hybridized carbons (Fsp3) is 0.250. The second-order valence-corrected chi connectivity index (χ2v) is 6.40. The normalized spacial score (nSPS) is 11.4. The van der Waals surface area contributed by atoms with Gasteiger partial charge in [0.15, 0.2) is 5.96 Å². The molecule has 0 bridgehead atoms. The van der Waals surface area contributed by atoms with Crippen LogP contribution in [-0.2, 0) is 13.0 Å². The number of nitrogens with zero attached hydrogens (tertiary/aromatic N) is 3. The lowest BCUT2D eigenvalue weighted by Crippen LogP contribution is -2.37. The highest BCUT2D eigenvalue weighted by molar-refractivity contribution is 6.30. The van der Waals surface area contributed by atoms with Crippen molar-refractivity contribution in [3.05, 3.63) is 71.1 Å².